The second kappa shape index (κ2) is 8.79. The quantitative estimate of drug-likeness (QED) is 0.721. The average molecular weight is 291 g/mol. The zero-order chi connectivity index (χ0) is 15.7. The van der Waals surface area contributed by atoms with Gasteiger partial charge in [-0.2, -0.15) is 0 Å². The Hall–Kier alpha value is -2.30. The van der Waals surface area contributed by atoms with Crippen LogP contribution in [0.4, 0.5) is 0 Å². The lowest BCUT2D eigenvalue weighted by atomic mass is 10.0. The highest BCUT2D eigenvalue weighted by molar-refractivity contribution is 5.92. The number of benzene rings is 1. The molecular formula is C16H21NO4. The van der Waals surface area contributed by atoms with Crippen molar-refractivity contribution in [2.24, 2.45) is 5.92 Å². The van der Waals surface area contributed by atoms with Gasteiger partial charge in [0.25, 0.3) is 0 Å². The molecule has 1 amide bonds. The third kappa shape index (κ3) is 6.12. The molecule has 0 saturated carbocycles. The van der Waals surface area contributed by atoms with Gasteiger partial charge in [0.05, 0.1) is 7.11 Å². The summed E-state index contributed by atoms with van der Waals surface area (Å²) in [5.74, 6) is -0.449. The van der Waals surface area contributed by atoms with Gasteiger partial charge in [-0.1, -0.05) is 31.5 Å². The fourth-order valence-corrected chi connectivity index (χ4v) is 1.88. The summed E-state index contributed by atoms with van der Waals surface area (Å²) >= 11 is 0. The predicted octanol–water partition coefficient (Wildman–Crippen LogP) is 2.33. The van der Waals surface area contributed by atoms with E-state index >= 15 is 0 Å². The number of carbonyl (C=O) groups excluding carboxylic acids is 1. The maximum absolute atomic E-state index is 11.7. The van der Waals surface area contributed by atoms with Gasteiger partial charge in [-0.3, -0.25) is 9.59 Å². The molecule has 1 aromatic carbocycles. The summed E-state index contributed by atoms with van der Waals surface area (Å²) in [5, 5.41) is 11.5. The van der Waals surface area contributed by atoms with Crippen molar-refractivity contribution < 1.29 is 19.4 Å². The highest BCUT2D eigenvalue weighted by atomic mass is 16.5. The number of ether oxygens (including phenoxy) is 1. The van der Waals surface area contributed by atoms with E-state index in [9.17, 15) is 9.59 Å². The molecule has 5 heteroatoms. The number of nitrogens with one attached hydrogen (secondary N) is 1. The smallest absolute Gasteiger partial charge is 0.303 e. The van der Waals surface area contributed by atoms with Crippen LogP contribution in [0.1, 0.15) is 25.3 Å². The normalized spacial score (nSPS) is 12.1. The van der Waals surface area contributed by atoms with Gasteiger partial charge in [0.1, 0.15) is 5.75 Å². The van der Waals surface area contributed by atoms with Crippen LogP contribution in [0, 0.1) is 5.92 Å². The van der Waals surface area contributed by atoms with Crippen molar-refractivity contribution in [2.45, 2.75) is 19.8 Å². The van der Waals surface area contributed by atoms with E-state index in [0.717, 1.165) is 5.56 Å². The van der Waals surface area contributed by atoms with E-state index < -0.39 is 5.97 Å². The summed E-state index contributed by atoms with van der Waals surface area (Å²) in [6.07, 6.45) is 3.87. The number of rotatable bonds is 8. The van der Waals surface area contributed by atoms with Crippen LogP contribution in [0.3, 0.4) is 0 Å². The second-order valence-corrected chi connectivity index (χ2v) is 4.69. The molecule has 0 radical (unpaired) electrons. The van der Waals surface area contributed by atoms with Crippen LogP contribution in [0.2, 0.25) is 0 Å². The van der Waals surface area contributed by atoms with Gasteiger partial charge in [0.15, 0.2) is 0 Å². The Bertz CT molecular complexity index is 511. The molecule has 1 aromatic rings. The Kier molecular flexibility index (Phi) is 7.01. The Morgan fingerprint density at radius 3 is 2.71 bits per heavy atom. The largest absolute Gasteiger partial charge is 0.496 e. The molecule has 0 spiro atoms. The molecule has 114 valence electrons. The van der Waals surface area contributed by atoms with Crippen molar-refractivity contribution >= 4 is 18.0 Å². The first-order valence-electron chi connectivity index (χ1n) is 6.87. The SMILES string of the molecule is CCC(CNC(=O)/C=C/c1ccccc1OC)CC(=O)O. The van der Waals surface area contributed by atoms with E-state index in [2.05, 4.69) is 5.32 Å². The lowest BCUT2D eigenvalue weighted by Gasteiger charge is -2.12. The molecule has 0 aromatic heterocycles. The molecule has 1 unspecified atom stereocenters. The molecule has 5 nitrogen and oxygen atoms in total. The van der Waals surface area contributed by atoms with Crippen molar-refractivity contribution in [1.29, 1.82) is 0 Å². The van der Waals surface area contributed by atoms with Crippen LogP contribution in [-0.4, -0.2) is 30.6 Å². The fraction of sp³-hybridized carbons (Fsp3) is 0.375. The number of aliphatic carboxylic acids is 1. The van der Waals surface area contributed by atoms with Gasteiger partial charge in [-0.25, -0.2) is 0 Å². The lowest BCUT2D eigenvalue weighted by molar-refractivity contribution is -0.138. The lowest BCUT2D eigenvalue weighted by Crippen LogP contribution is -2.28. The summed E-state index contributed by atoms with van der Waals surface area (Å²) in [6.45, 7) is 2.27. The number of carboxylic acids is 1. The second-order valence-electron chi connectivity index (χ2n) is 4.69. The molecule has 0 saturated heterocycles. The Labute approximate surface area is 124 Å². The van der Waals surface area contributed by atoms with Gasteiger partial charge in [0.2, 0.25) is 5.91 Å². The Morgan fingerprint density at radius 1 is 1.38 bits per heavy atom. The zero-order valence-corrected chi connectivity index (χ0v) is 12.3. The van der Waals surface area contributed by atoms with Crippen LogP contribution in [0.15, 0.2) is 30.3 Å². The summed E-state index contributed by atoms with van der Waals surface area (Å²) in [6, 6.07) is 7.38. The molecule has 21 heavy (non-hydrogen) atoms. The first-order valence-corrected chi connectivity index (χ1v) is 6.87. The molecule has 1 rings (SSSR count). The standard InChI is InChI=1S/C16H21NO4/c1-3-12(10-16(19)20)11-17-15(18)9-8-13-6-4-5-7-14(13)21-2/h4-9,12H,3,10-11H2,1-2H3,(H,17,18)(H,19,20)/b9-8+. The van der Waals surface area contributed by atoms with Crippen molar-refractivity contribution in [3.63, 3.8) is 0 Å². The number of methoxy groups -OCH3 is 1. The third-order valence-corrected chi connectivity index (χ3v) is 3.16. The first kappa shape index (κ1) is 16.8. The fourth-order valence-electron chi connectivity index (χ4n) is 1.88. The minimum absolute atomic E-state index is 0.0499. The van der Waals surface area contributed by atoms with Crippen molar-refractivity contribution in [2.75, 3.05) is 13.7 Å². The molecule has 1 atom stereocenters. The third-order valence-electron chi connectivity index (χ3n) is 3.16. The van der Waals surface area contributed by atoms with Crippen molar-refractivity contribution in [3.05, 3.63) is 35.9 Å². The number of amides is 1. The van der Waals surface area contributed by atoms with Gasteiger partial charge < -0.3 is 15.2 Å². The Balaban J connectivity index is 2.53. The van der Waals surface area contributed by atoms with Gasteiger partial charge >= 0.3 is 5.97 Å². The molecular weight excluding hydrogens is 270 g/mol. The van der Waals surface area contributed by atoms with E-state index in [0.29, 0.717) is 18.7 Å². The van der Waals surface area contributed by atoms with E-state index in [1.165, 1.54) is 6.08 Å². The van der Waals surface area contributed by atoms with E-state index in [-0.39, 0.29) is 18.2 Å². The molecule has 0 fully saturated rings. The average Bonchev–Trinajstić information content (AvgIpc) is 2.49. The summed E-state index contributed by atoms with van der Waals surface area (Å²) < 4.78 is 5.19. The molecule has 0 bridgehead atoms. The van der Waals surface area contributed by atoms with E-state index in [1.54, 1.807) is 13.2 Å². The number of hydrogen-bond donors (Lipinski definition) is 2. The maximum Gasteiger partial charge on any atom is 0.303 e. The molecule has 0 aliphatic carbocycles. The highest BCUT2D eigenvalue weighted by Crippen LogP contribution is 2.18. The number of para-hydroxylation sites is 1. The monoisotopic (exact) mass is 291 g/mol. The number of carboxylic acid groups (broad SMARTS) is 1. The highest BCUT2D eigenvalue weighted by Gasteiger charge is 2.11. The minimum atomic E-state index is -0.847. The van der Waals surface area contributed by atoms with Crippen LogP contribution in [0.25, 0.3) is 6.08 Å². The zero-order valence-electron chi connectivity index (χ0n) is 12.3. The summed E-state index contributed by atoms with van der Waals surface area (Å²) in [4.78, 5) is 22.4. The molecule has 2 N–H and O–H groups in total. The minimum Gasteiger partial charge on any atom is -0.496 e. The van der Waals surface area contributed by atoms with Gasteiger partial charge in [0, 0.05) is 24.6 Å². The molecule has 0 aliphatic heterocycles. The van der Waals surface area contributed by atoms with Crippen molar-refractivity contribution in [1.82, 2.24) is 5.32 Å². The predicted molar refractivity (Wildman–Crippen MR) is 81.1 cm³/mol. The maximum atomic E-state index is 11.7. The van der Waals surface area contributed by atoms with Gasteiger partial charge in [-0.05, 0) is 18.1 Å². The van der Waals surface area contributed by atoms with Crippen molar-refractivity contribution in [3.8, 4) is 5.75 Å². The van der Waals surface area contributed by atoms with E-state index in [4.69, 9.17) is 9.84 Å². The Morgan fingerprint density at radius 2 is 2.10 bits per heavy atom. The van der Waals surface area contributed by atoms with Crippen LogP contribution >= 0.6 is 0 Å². The summed E-state index contributed by atoms with van der Waals surface area (Å²) in [7, 11) is 1.57. The van der Waals surface area contributed by atoms with Crippen LogP contribution in [0.5, 0.6) is 5.75 Å². The topological polar surface area (TPSA) is 75.6 Å². The molecule has 0 heterocycles. The van der Waals surface area contributed by atoms with Crippen LogP contribution < -0.4 is 10.1 Å². The van der Waals surface area contributed by atoms with Gasteiger partial charge in [-0.15, -0.1) is 0 Å². The van der Waals surface area contributed by atoms with Crippen LogP contribution in [-0.2, 0) is 9.59 Å². The number of carbonyl (C=O) groups is 2. The van der Waals surface area contributed by atoms with E-state index in [1.807, 2.05) is 31.2 Å². The molecule has 0 aliphatic rings. The first-order chi connectivity index (χ1) is 10.1. The number of hydrogen-bond acceptors (Lipinski definition) is 3. The summed E-state index contributed by atoms with van der Waals surface area (Å²) in [5.41, 5.74) is 0.813.